The minimum atomic E-state index is -0.902. The van der Waals surface area contributed by atoms with E-state index in [0.717, 1.165) is 19.4 Å². The van der Waals surface area contributed by atoms with Gasteiger partial charge in [-0.2, -0.15) is 5.26 Å². The van der Waals surface area contributed by atoms with Crippen molar-refractivity contribution in [2.45, 2.75) is 37.5 Å². The number of hydrogen-bond donors (Lipinski definition) is 0. The number of hydrogen-bond acceptors (Lipinski definition) is 3. The van der Waals surface area contributed by atoms with E-state index in [1.54, 1.807) is 0 Å². The van der Waals surface area contributed by atoms with Crippen molar-refractivity contribution in [1.29, 1.82) is 5.26 Å². The number of ether oxygens (including phenoxy) is 1. The summed E-state index contributed by atoms with van der Waals surface area (Å²) in [6, 6.07) is 2.04. The number of nitriles is 1. The second-order valence-electron chi connectivity index (χ2n) is 3.36. The van der Waals surface area contributed by atoms with Crippen LogP contribution in [0.25, 0.3) is 0 Å². The number of rotatable bonds is 4. The van der Waals surface area contributed by atoms with Gasteiger partial charge in [0.2, 0.25) is 0 Å². The molecule has 0 aromatic carbocycles. The van der Waals surface area contributed by atoms with E-state index >= 15 is 0 Å². The van der Waals surface area contributed by atoms with Gasteiger partial charge >= 0.3 is 0 Å². The molecule has 0 N–H and O–H groups in total. The number of nitrogens with zero attached hydrogens (tertiary/aromatic N) is 1. The van der Waals surface area contributed by atoms with Gasteiger partial charge in [0.25, 0.3) is 0 Å². The summed E-state index contributed by atoms with van der Waals surface area (Å²) >= 11 is 0. The van der Waals surface area contributed by atoms with Crippen LogP contribution >= 0.6 is 0 Å². The first-order chi connectivity index (χ1) is 6.24. The third kappa shape index (κ3) is 3.45. The van der Waals surface area contributed by atoms with Crippen LogP contribution in [0, 0.1) is 11.3 Å². The largest absolute Gasteiger partial charge is 0.377 e. The first-order valence-electron chi connectivity index (χ1n) is 4.59. The highest BCUT2D eigenvalue weighted by molar-refractivity contribution is 7.85. The zero-order valence-electron chi connectivity index (χ0n) is 7.86. The van der Waals surface area contributed by atoms with Crippen LogP contribution in [-0.4, -0.2) is 27.9 Å². The fourth-order valence-corrected chi connectivity index (χ4v) is 2.56. The highest BCUT2D eigenvalue weighted by atomic mass is 32.2. The molecule has 0 saturated carbocycles. The Morgan fingerprint density at radius 1 is 1.77 bits per heavy atom. The lowest BCUT2D eigenvalue weighted by Crippen LogP contribution is -2.22. The maximum atomic E-state index is 11.6. The van der Waals surface area contributed by atoms with Crippen LogP contribution in [-0.2, 0) is 15.5 Å². The summed E-state index contributed by atoms with van der Waals surface area (Å²) in [5, 5.41) is 8.41. The Bertz CT molecular complexity index is 218. The molecule has 0 aromatic rings. The molecule has 0 amide bonds. The summed E-state index contributed by atoms with van der Waals surface area (Å²) < 4.78 is 16.9. The van der Waals surface area contributed by atoms with Crippen LogP contribution in [0.15, 0.2) is 0 Å². The lowest BCUT2D eigenvalue weighted by atomic mass is 10.3. The highest BCUT2D eigenvalue weighted by Crippen LogP contribution is 2.14. The molecule has 1 heterocycles. The zero-order chi connectivity index (χ0) is 9.68. The van der Waals surface area contributed by atoms with Gasteiger partial charge in [-0.3, -0.25) is 4.21 Å². The minimum Gasteiger partial charge on any atom is -0.377 e. The van der Waals surface area contributed by atoms with Crippen molar-refractivity contribution >= 4 is 10.8 Å². The SMILES string of the molecule is CC(CC#N)S(=O)CC1CCCO1. The molecule has 0 aromatic heterocycles. The van der Waals surface area contributed by atoms with Gasteiger partial charge in [-0.1, -0.05) is 0 Å². The van der Waals surface area contributed by atoms with Crippen molar-refractivity contribution in [1.82, 2.24) is 0 Å². The standard InChI is InChI=1S/C9H15NO2S/c1-8(4-5-10)13(11)7-9-3-2-6-12-9/h8-9H,2-4,6-7H2,1H3. The molecule has 1 saturated heterocycles. The van der Waals surface area contributed by atoms with Crippen LogP contribution in [0.2, 0.25) is 0 Å². The quantitative estimate of drug-likeness (QED) is 0.687. The molecular weight excluding hydrogens is 186 g/mol. The first kappa shape index (κ1) is 10.7. The summed E-state index contributed by atoms with van der Waals surface area (Å²) in [4.78, 5) is 0. The zero-order valence-corrected chi connectivity index (χ0v) is 8.68. The van der Waals surface area contributed by atoms with Crippen LogP contribution in [0.3, 0.4) is 0 Å². The third-order valence-corrected chi connectivity index (χ3v) is 3.97. The molecule has 3 unspecified atom stereocenters. The van der Waals surface area contributed by atoms with Crippen LogP contribution in [0.4, 0.5) is 0 Å². The molecule has 1 aliphatic heterocycles. The van der Waals surface area contributed by atoms with Crippen molar-refractivity contribution in [2.75, 3.05) is 12.4 Å². The maximum absolute atomic E-state index is 11.6. The predicted molar refractivity (Wildman–Crippen MR) is 51.7 cm³/mol. The lowest BCUT2D eigenvalue weighted by Gasteiger charge is -2.11. The second kappa shape index (κ2) is 5.36. The Labute approximate surface area is 81.5 Å². The van der Waals surface area contributed by atoms with Gasteiger partial charge in [0, 0.05) is 29.1 Å². The molecule has 4 heteroatoms. The van der Waals surface area contributed by atoms with Gasteiger partial charge in [-0.15, -0.1) is 0 Å². The van der Waals surface area contributed by atoms with Gasteiger partial charge < -0.3 is 4.74 Å². The van der Waals surface area contributed by atoms with Crippen LogP contribution in [0.1, 0.15) is 26.2 Å². The predicted octanol–water partition coefficient (Wildman–Crippen LogP) is 1.22. The molecule has 1 rings (SSSR count). The molecule has 3 atom stereocenters. The van der Waals surface area contributed by atoms with Gasteiger partial charge in [-0.05, 0) is 19.8 Å². The topological polar surface area (TPSA) is 50.1 Å². The third-order valence-electron chi connectivity index (χ3n) is 2.20. The van der Waals surface area contributed by atoms with Crippen LogP contribution < -0.4 is 0 Å². The van der Waals surface area contributed by atoms with E-state index in [1.165, 1.54) is 0 Å². The molecule has 0 aliphatic carbocycles. The fourth-order valence-electron chi connectivity index (χ4n) is 1.34. The molecule has 1 fully saturated rings. The van der Waals surface area contributed by atoms with Crippen molar-refractivity contribution in [3.05, 3.63) is 0 Å². The molecular formula is C9H15NO2S. The van der Waals surface area contributed by atoms with Crippen molar-refractivity contribution in [2.24, 2.45) is 0 Å². The van der Waals surface area contributed by atoms with E-state index in [4.69, 9.17) is 10.00 Å². The van der Waals surface area contributed by atoms with E-state index in [-0.39, 0.29) is 11.4 Å². The normalized spacial score (nSPS) is 26.6. The van der Waals surface area contributed by atoms with E-state index in [9.17, 15) is 4.21 Å². The van der Waals surface area contributed by atoms with Gasteiger partial charge in [-0.25, -0.2) is 0 Å². The summed E-state index contributed by atoms with van der Waals surface area (Å²) in [5.41, 5.74) is 0. The Morgan fingerprint density at radius 3 is 3.08 bits per heavy atom. The van der Waals surface area contributed by atoms with E-state index < -0.39 is 10.8 Å². The summed E-state index contributed by atoms with van der Waals surface area (Å²) in [6.45, 7) is 2.66. The fraction of sp³-hybridized carbons (Fsp3) is 0.889. The van der Waals surface area contributed by atoms with E-state index in [2.05, 4.69) is 0 Å². The van der Waals surface area contributed by atoms with Gasteiger partial charge in [0.15, 0.2) is 0 Å². The molecule has 0 bridgehead atoms. The average molecular weight is 201 g/mol. The van der Waals surface area contributed by atoms with Crippen LogP contribution in [0.5, 0.6) is 0 Å². The monoisotopic (exact) mass is 201 g/mol. The lowest BCUT2D eigenvalue weighted by molar-refractivity contribution is 0.128. The molecule has 13 heavy (non-hydrogen) atoms. The Hall–Kier alpha value is -0.400. The Balaban J connectivity index is 2.27. The van der Waals surface area contributed by atoms with Crippen molar-refractivity contribution in [3.63, 3.8) is 0 Å². The molecule has 0 spiro atoms. The maximum Gasteiger partial charge on any atom is 0.0691 e. The van der Waals surface area contributed by atoms with Gasteiger partial charge in [0.1, 0.15) is 0 Å². The van der Waals surface area contributed by atoms with E-state index in [1.807, 2.05) is 13.0 Å². The second-order valence-corrected chi connectivity index (χ2v) is 5.25. The Kier molecular flexibility index (Phi) is 4.40. The van der Waals surface area contributed by atoms with Crippen molar-refractivity contribution < 1.29 is 8.95 Å². The van der Waals surface area contributed by atoms with E-state index in [0.29, 0.717) is 12.2 Å². The molecule has 1 aliphatic rings. The summed E-state index contributed by atoms with van der Waals surface area (Å²) in [7, 11) is -0.902. The molecule has 74 valence electrons. The molecule has 0 radical (unpaired) electrons. The smallest absolute Gasteiger partial charge is 0.0691 e. The molecule has 3 nitrogen and oxygen atoms in total. The highest BCUT2D eigenvalue weighted by Gasteiger charge is 2.20. The Morgan fingerprint density at radius 2 is 2.54 bits per heavy atom. The van der Waals surface area contributed by atoms with Gasteiger partial charge in [0.05, 0.1) is 17.9 Å². The average Bonchev–Trinajstić information content (AvgIpc) is 2.57. The summed E-state index contributed by atoms with van der Waals surface area (Å²) in [6.07, 6.45) is 2.64. The van der Waals surface area contributed by atoms with Crippen molar-refractivity contribution in [3.8, 4) is 6.07 Å². The first-order valence-corrected chi connectivity index (χ1v) is 5.98. The summed E-state index contributed by atoms with van der Waals surface area (Å²) in [5.74, 6) is 0.600. The minimum absolute atomic E-state index is 0.0193.